The molecule has 0 fully saturated rings. The van der Waals surface area contributed by atoms with Crippen LogP contribution in [0.25, 0.3) is 0 Å². The summed E-state index contributed by atoms with van der Waals surface area (Å²) >= 11 is 1.61. The zero-order valence-corrected chi connectivity index (χ0v) is 11.2. The van der Waals surface area contributed by atoms with Gasteiger partial charge in [0.25, 0.3) is 0 Å². The molecule has 0 N–H and O–H groups in total. The lowest BCUT2D eigenvalue weighted by molar-refractivity contribution is -0.142. The van der Waals surface area contributed by atoms with E-state index >= 15 is 0 Å². The number of carbonyl (C=O) groups is 1. The van der Waals surface area contributed by atoms with Crippen LogP contribution >= 0.6 is 11.8 Å². The summed E-state index contributed by atoms with van der Waals surface area (Å²) in [4.78, 5) is 15.4. The first-order valence-electron chi connectivity index (χ1n) is 5.74. The molecule has 1 atom stereocenters. The van der Waals surface area contributed by atoms with Crippen LogP contribution in [-0.2, 0) is 21.7 Å². The molecular weight excluding hydrogens is 240 g/mol. The molecule has 0 saturated heterocycles. The van der Waals surface area contributed by atoms with Crippen LogP contribution in [0.5, 0.6) is 0 Å². The maximum absolute atomic E-state index is 11.2. The molecule has 0 aliphatic heterocycles. The quantitative estimate of drug-likeness (QED) is 0.699. The van der Waals surface area contributed by atoms with E-state index in [0.717, 1.165) is 12.2 Å². The van der Waals surface area contributed by atoms with Gasteiger partial charge in [0, 0.05) is 11.7 Å². The molecule has 96 valence electrons. The molecule has 1 rings (SSSR count). The van der Waals surface area contributed by atoms with Gasteiger partial charge in [-0.1, -0.05) is 19.0 Å². The Bertz CT molecular complexity index is 354. The van der Waals surface area contributed by atoms with Gasteiger partial charge in [0.05, 0.1) is 18.8 Å². The number of hydrogen-bond donors (Lipinski definition) is 0. The zero-order valence-electron chi connectivity index (χ0n) is 10.4. The van der Waals surface area contributed by atoms with Crippen LogP contribution in [0, 0.1) is 0 Å². The Labute approximate surface area is 105 Å². The number of rotatable bonds is 7. The third-order valence-electron chi connectivity index (χ3n) is 2.08. The lowest BCUT2D eigenvalue weighted by Crippen LogP contribution is -2.10. The first kappa shape index (κ1) is 14.0. The molecule has 0 unspecified atom stereocenters. The SMILES string of the molecule is CCOC(=O)C[C@@H](C)SCc1nc(CC)no1. The van der Waals surface area contributed by atoms with Crippen molar-refractivity contribution in [2.45, 2.75) is 44.6 Å². The van der Waals surface area contributed by atoms with E-state index in [0.29, 0.717) is 24.7 Å². The normalized spacial score (nSPS) is 12.4. The molecule has 0 spiro atoms. The first-order chi connectivity index (χ1) is 8.15. The van der Waals surface area contributed by atoms with E-state index in [2.05, 4.69) is 10.1 Å². The molecule has 0 aliphatic carbocycles. The highest BCUT2D eigenvalue weighted by atomic mass is 32.2. The third kappa shape index (κ3) is 5.21. The molecule has 1 aromatic heterocycles. The number of aryl methyl sites for hydroxylation is 1. The summed E-state index contributed by atoms with van der Waals surface area (Å²) in [6.07, 6.45) is 1.18. The Morgan fingerprint density at radius 1 is 1.53 bits per heavy atom. The van der Waals surface area contributed by atoms with Crippen molar-refractivity contribution in [1.29, 1.82) is 0 Å². The minimum absolute atomic E-state index is 0.160. The molecule has 0 radical (unpaired) electrons. The van der Waals surface area contributed by atoms with Crippen LogP contribution in [-0.4, -0.2) is 28.0 Å². The fourth-order valence-corrected chi connectivity index (χ4v) is 2.02. The molecule has 6 heteroatoms. The summed E-state index contributed by atoms with van der Waals surface area (Å²) in [7, 11) is 0. The number of hydrogen-bond acceptors (Lipinski definition) is 6. The Morgan fingerprint density at radius 3 is 2.88 bits per heavy atom. The van der Waals surface area contributed by atoms with E-state index in [-0.39, 0.29) is 11.2 Å². The molecule has 1 heterocycles. The highest BCUT2D eigenvalue weighted by Gasteiger charge is 2.12. The molecule has 0 saturated carbocycles. The largest absolute Gasteiger partial charge is 0.466 e. The summed E-state index contributed by atoms with van der Waals surface area (Å²) in [6, 6.07) is 0. The molecule has 0 bridgehead atoms. The van der Waals surface area contributed by atoms with Gasteiger partial charge in [0.15, 0.2) is 5.82 Å². The van der Waals surface area contributed by atoms with Gasteiger partial charge >= 0.3 is 5.97 Å². The van der Waals surface area contributed by atoms with Gasteiger partial charge in [-0.2, -0.15) is 4.98 Å². The third-order valence-corrected chi connectivity index (χ3v) is 3.23. The summed E-state index contributed by atoms with van der Waals surface area (Å²) in [5.74, 6) is 1.81. The van der Waals surface area contributed by atoms with Crippen LogP contribution < -0.4 is 0 Å². The summed E-state index contributed by atoms with van der Waals surface area (Å²) < 4.78 is 9.94. The van der Waals surface area contributed by atoms with E-state index < -0.39 is 0 Å². The van der Waals surface area contributed by atoms with Crippen LogP contribution in [0.2, 0.25) is 0 Å². The topological polar surface area (TPSA) is 65.2 Å². The monoisotopic (exact) mass is 258 g/mol. The number of carbonyl (C=O) groups excluding carboxylic acids is 1. The number of thioether (sulfide) groups is 1. The molecule has 17 heavy (non-hydrogen) atoms. The molecule has 0 aliphatic rings. The number of aromatic nitrogens is 2. The van der Waals surface area contributed by atoms with E-state index in [1.54, 1.807) is 18.7 Å². The summed E-state index contributed by atoms with van der Waals surface area (Å²) in [6.45, 7) is 6.20. The fraction of sp³-hybridized carbons (Fsp3) is 0.727. The Kier molecular flexibility index (Phi) is 6.04. The van der Waals surface area contributed by atoms with Gasteiger partial charge in [-0.25, -0.2) is 0 Å². The van der Waals surface area contributed by atoms with Crippen molar-refractivity contribution in [1.82, 2.24) is 10.1 Å². The second-order valence-electron chi connectivity index (χ2n) is 3.59. The zero-order chi connectivity index (χ0) is 12.7. The van der Waals surface area contributed by atoms with Gasteiger partial charge in [0.1, 0.15) is 0 Å². The van der Waals surface area contributed by atoms with Gasteiger partial charge in [0.2, 0.25) is 5.89 Å². The van der Waals surface area contributed by atoms with Gasteiger partial charge in [-0.15, -0.1) is 11.8 Å². The summed E-state index contributed by atoms with van der Waals surface area (Å²) in [5.41, 5.74) is 0. The van der Waals surface area contributed by atoms with Crippen molar-refractivity contribution in [3.63, 3.8) is 0 Å². The van der Waals surface area contributed by atoms with E-state index in [4.69, 9.17) is 9.26 Å². The Hall–Kier alpha value is -1.04. The van der Waals surface area contributed by atoms with Crippen LogP contribution in [0.1, 0.15) is 38.9 Å². The van der Waals surface area contributed by atoms with Crippen molar-refractivity contribution in [3.8, 4) is 0 Å². The van der Waals surface area contributed by atoms with Crippen molar-refractivity contribution in [2.75, 3.05) is 6.61 Å². The lowest BCUT2D eigenvalue weighted by atomic mass is 10.3. The standard InChI is InChI=1S/C11H18N2O3S/c1-4-9-12-10(16-13-9)7-17-8(3)6-11(14)15-5-2/h8H,4-7H2,1-3H3/t8-/m1/s1. The second kappa shape index (κ2) is 7.32. The van der Waals surface area contributed by atoms with Crippen LogP contribution in [0.3, 0.4) is 0 Å². The van der Waals surface area contributed by atoms with E-state index in [1.165, 1.54) is 0 Å². The van der Waals surface area contributed by atoms with Crippen LogP contribution in [0.4, 0.5) is 0 Å². The van der Waals surface area contributed by atoms with Crippen molar-refractivity contribution < 1.29 is 14.1 Å². The van der Waals surface area contributed by atoms with Crippen molar-refractivity contribution >= 4 is 17.7 Å². The molecular formula is C11H18N2O3S. The maximum Gasteiger partial charge on any atom is 0.306 e. The lowest BCUT2D eigenvalue weighted by Gasteiger charge is -2.08. The molecule has 0 amide bonds. The van der Waals surface area contributed by atoms with E-state index in [9.17, 15) is 4.79 Å². The van der Waals surface area contributed by atoms with Crippen molar-refractivity contribution in [2.24, 2.45) is 0 Å². The highest BCUT2D eigenvalue weighted by molar-refractivity contribution is 7.99. The average molecular weight is 258 g/mol. The van der Waals surface area contributed by atoms with Crippen molar-refractivity contribution in [3.05, 3.63) is 11.7 Å². The van der Waals surface area contributed by atoms with E-state index in [1.807, 2.05) is 13.8 Å². The Morgan fingerprint density at radius 2 is 2.29 bits per heavy atom. The van der Waals surface area contributed by atoms with Gasteiger partial charge < -0.3 is 9.26 Å². The summed E-state index contributed by atoms with van der Waals surface area (Å²) in [5, 5.41) is 4.00. The maximum atomic E-state index is 11.2. The van der Waals surface area contributed by atoms with Gasteiger partial charge in [-0.3, -0.25) is 4.79 Å². The number of nitrogens with zero attached hydrogens (tertiary/aromatic N) is 2. The second-order valence-corrected chi connectivity index (χ2v) is 5.02. The fourth-order valence-electron chi connectivity index (χ4n) is 1.22. The minimum Gasteiger partial charge on any atom is -0.466 e. The Balaban J connectivity index is 2.27. The average Bonchev–Trinajstić information content (AvgIpc) is 2.74. The highest BCUT2D eigenvalue weighted by Crippen LogP contribution is 2.19. The molecule has 5 nitrogen and oxygen atoms in total. The smallest absolute Gasteiger partial charge is 0.306 e. The van der Waals surface area contributed by atoms with Gasteiger partial charge in [-0.05, 0) is 6.92 Å². The molecule has 0 aromatic carbocycles. The number of esters is 1. The predicted molar refractivity (Wildman–Crippen MR) is 65.7 cm³/mol. The predicted octanol–water partition coefficient (Wildman–Crippen LogP) is 2.21. The minimum atomic E-state index is -0.160. The number of ether oxygens (including phenoxy) is 1. The van der Waals surface area contributed by atoms with Crippen LogP contribution in [0.15, 0.2) is 4.52 Å². The first-order valence-corrected chi connectivity index (χ1v) is 6.79. The molecule has 1 aromatic rings.